The van der Waals surface area contributed by atoms with Gasteiger partial charge in [-0.05, 0) is 24.3 Å². The SMILES string of the molecule is C=C(Cl)/C=C(\C(=C)O)C(=O)c1cc(F)cc(C(F)(F)F)c1. The van der Waals surface area contributed by atoms with Crippen LogP contribution in [0.15, 0.2) is 53.8 Å². The number of alkyl halides is 3. The summed E-state index contributed by atoms with van der Waals surface area (Å²) in [6, 6.07) is 1.35. The van der Waals surface area contributed by atoms with Crippen LogP contribution in [0.5, 0.6) is 0 Å². The topological polar surface area (TPSA) is 37.3 Å². The van der Waals surface area contributed by atoms with Crippen LogP contribution in [-0.4, -0.2) is 10.9 Å². The molecular weight excluding hydrogens is 312 g/mol. The predicted molar refractivity (Wildman–Crippen MR) is 70.6 cm³/mol. The number of rotatable bonds is 4. The molecular formula is C14H9ClF4O2. The molecule has 0 saturated carbocycles. The Bertz CT molecular complexity index is 645. The van der Waals surface area contributed by atoms with Crippen LogP contribution in [0.1, 0.15) is 15.9 Å². The quantitative estimate of drug-likeness (QED) is 0.285. The lowest BCUT2D eigenvalue weighted by molar-refractivity contribution is -0.137. The summed E-state index contributed by atoms with van der Waals surface area (Å²) in [5.41, 5.74) is -2.39. The Hall–Kier alpha value is -2.08. The molecule has 0 fully saturated rings. The van der Waals surface area contributed by atoms with Gasteiger partial charge in [0, 0.05) is 10.6 Å². The Labute approximate surface area is 122 Å². The van der Waals surface area contributed by atoms with E-state index in [1.165, 1.54) is 0 Å². The highest BCUT2D eigenvalue weighted by atomic mass is 35.5. The largest absolute Gasteiger partial charge is 0.508 e. The first-order valence-corrected chi connectivity index (χ1v) is 5.77. The third-order valence-electron chi connectivity index (χ3n) is 2.34. The average molecular weight is 321 g/mol. The van der Waals surface area contributed by atoms with Crippen molar-refractivity contribution in [1.29, 1.82) is 0 Å². The summed E-state index contributed by atoms with van der Waals surface area (Å²) < 4.78 is 51.0. The zero-order chi connectivity index (χ0) is 16.4. The summed E-state index contributed by atoms with van der Waals surface area (Å²) >= 11 is 5.45. The van der Waals surface area contributed by atoms with Gasteiger partial charge in [-0.1, -0.05) is 24.8 Å². The smallest absolute Gasteiger partial charge is 0.416 e. The van der Waals surface area contributed by atoms with Crippen molar-refractivity contribution in [1.82, 2.24) is 0 Å². The molecule has 7 heteroatoms. The standard InChI is InChI=1S/C14H9ClF4O2/c1-7(15)3-12(8(2)20)13(21)9-4-10(14(17,18)19)6-11(16)5-9/h3-6,20H,1-2H2/b12-3+. The van der Waals surface area contributed by atoms with E-state index >= 15 is 0 Å². The van der Waals surface area contributed by atoms with Gasteiger partial charge in [-0.25, -0.2) is 4.39 Å². The number of hydrogen-bond acceptors (Lipinski definition) is 2. The van der Waals surface area contributed by atoms with Gasteiger partial charge in [0.2, 0.25) is 0 Å². The van der Waals surface area contributed by atoms with Gasteiger partial charge in [0.05, 0.1) is 11.1 Å². The van der Waals surface area contributed by atoms with Crippen molar-refractivity contribution in [3.8, 4) is 0 Å². The van der Waals surface area contributed by atoms with Crippen molar-refractivity contribution < 1.29 is 27.5 Å². The molecule has 0 atom stereocenters. The van der Waals surface area contributed by atoms with Crippen molar-refractivity contribution in [2.75, 3.05) is 0 Å². The summed E-state index contributed by atoms with van der Waals surface area (Å²) in [6.07, 6.45) is -3.89. The van der Waals surface area contributed by atoms with Crippen LogP contribution >= 0.6 is 11.6 Å². The van der Waals surface area contributed by atoms with E-state index in [9.17, 15) is 27.5 Å². The highest BCUT2D eigenvalue weighted by Crippen LogP contribution is 2.31. The molecule has 0 heterocycles. The van der Waals surface area contributed by atoms with Gasteiger partial charge in [-0.2, -0.15) is 13.2 Å². The fourth-order valence-electron chi connectivity index (χ4n) is 1.48. The first-order chi connectivity index (χ1) is 9.52. The molecule has 0 spiro atoms. The molecule has 0 aliphatic heterocycles. The van der Waals surface area contributed by atoms with Crippen LogP contribution < -0.4 is 0 Å². The zero-order valence-corrected chi connectivity index (χ0v) is 11.2. The van der Waals surface area contributed by atoms with Gasteiger partial charge in [0.15, 0.2) is 5.78 Å². The molecule has 0 amide bonds. The van der Waals surface area contributed by atoms with E-state index in [0.29, 0.717) is 12.1 Å². The molecule has 0 aromatic heterocycles. The number of ketones is 1. The molecule has 0 radical (unpaired) electrons. The minimum Gasteiger partial charge on any atom is -0.508 e. The summed E-state index contributed by atoms with van der Waals surface area (Å²) in [5, 5.41) is 9.14. The molecule has 0 saturated heterocycles. The Morgan fingerprint density at radius 2 is 1.81 bits per heavy atom. The van der Waals surface area contributed by atoms with E-state index < -0.39 is 40.2 Å². The normalized spacial score (nSPS) is 12.1. The Morgan fingerprint density at radius 3 is 2.24 bits per heavy atom. The van der Waals surface area contributed by atoms with E-state index in [0.717, 1.165) is 6.08 Å². The minimum absolute atomic E-state index is 0.152. The summed E-state index contributed by atoms with van der Waals surface area (Å²) in [5.74, 6) is -3.02. The van der Waals surface area contributed by atoms with Crippen LogP contribution in [0.3, 0.4) is 0 Å². The summed E-state index contributed by atoms with van der Waals surface area (Å²) in [7, 11) is 0. The molecule has 1 aromatic rings. The lowest BCUT2D eigenvalue weighted by Crippen LogP contribution is -2.11. The van der Waals surface area contributed by atoms with Gasteiger partial charge < -0.3 is 5.11 Å². The second-order valence-electron chi connectivity index (χ2n) is 4.01. The maximum atomic E-state index is 13.2. The van der Waals surface area contributed by atoms with Crippen LogP contribution in [0.4, 0.5) is 17.6 Å². The average Bonchev–Trinajstić information content (AvgIpc) is 2.32. The number of benzene rings is 1. The predicted octanol–water partition coefficient (Wildman–Crippen LogP) is 4.78. The van der Waals surface area contributed by atoms with Crippen molar-refractivity contribution in [3.05, 3.63) is 70.7 Å². The second-order valence-corrected chi connectivity index (χ2v) is 4.49. The minimum atomic E-state index is -4.81. The van der Waals surface area contributed by atoms with Crippen molar-refractivity contribution in [3.63, 3.8) is 0 Å². The van der Waals surface area contributed by atoms with Gasteiger partial charge >= 0.3 is 6.18 Å². The first kappa shape index (κ1) is 17.0. The lowest BCUT2D eigenvalue weighted by atomic mass is 9.99. The maximum Gasteiger partial charge on any atom is 0.416 e. The number of carbonyl (C=O) groups excluding carboxylic acids is 1. The molecule has 0 unspecified atom stereocenters. The van der Waals surface area contributed by atoms with E-state index in [-0.39, 0.29) is 11.1 Å². The van der Waals surface area contributed by atoms with Crippen LogP contribution in [0.25, 0.3) is 0 Å². The Morgan fingerprint density at radius 1 is 1.24 bits per heavy atom. The number of hydrogen-bond donors (Lipinski definition) is 1. The van der Waals surface area contributed by atoms with Crippen LogP contribution in [0, 0.1) is 5.82 Å². The maximum absolute atomic E-state index is 13.2. The van der Waals surface area contributed by atoms with E-state index in [1.807, 2.05) is 0 Å². The molecule has 112 valence electrons. The molecule has 1 aromatic carbocycles. The summed E-state index contributed by atoms with van der Waals surface area (Å²) in [6.45, 7) is 6.36. The van der Waals surface area contributed by atoms with Crippen LogP contribution in [-0.2, 0) is 6.18 Å². The van der Waals surface area contributed by atoms with E-state index in [2.05, 4.69) is 13.2 Å². The monoisotopic (exact) mass is 320 g/mol. The van der Waals surface area contributed by atoms with Crippen molar-refractivity contribution in [2.45, 2.75) is 6.18 Å². The number of aliphatic hydroxyl groups excluding tert-OH is 1. The first-order valence-electron chi connectivity index (χ1n) is 5.39. The van der Waals surface area contributed by atoms with Gasteiger partial charge in [-0.15, -0.1) is 0 Å². The van der Waals surface area contributed by atoms with Gasteiger partial charge in [0.25, 0.3) is 0 Å². The fourth-order valence-corrected chi connectivity index (χ4v) is 1.59. The van der Waals surface area contributed by atoms with Crippen molar-refractivity contribution in [2.24, 2.45) is 0 Å². The third kappa shape index (κ3) is 4.46. The molecule has 0 aliphatic rings. The number of halogens is 5. The second kappa shape index (κ2) is 6.13. The third-order valence-corrected chi connectivity index (χ3v) is 2.45. The molecule has 21 heavy (non-hydrogen) atoms. The lowest BCUT2D eigenvalue weighted by Gasteiger charge is -2.10. The fraction of sp³-hybridized carbons (Fsp3) is 0.0714. The molecule has 1 N–H and O–H groups in total. The Balaban J connectivity index is 3.39. The van der Waals surface area contributed by atoms with Gasteiger partial charge in [0.1, 0.15) is 11.6 Å². The zero-order valence-electron chi connectivity index (χ0n) is 10.5. The highest BCUT2D eigenvalue weighted by Gasteiger charge is 2.32. The highest BCUT2D eigenvalue weighted by molar-refractivity contribution is 6.31. The number of allylic oxidation sites excluding steroid dienone is 3. The van der Waals surface area contributed by atoms with Crippen molar-refractivity contribution >= 4 is 17.4 Å². The van der Waals surface area contributed by atoms with E-state index in [4.69, 9.17) is 11.6 Å². The molecule has 0 aliphatic carbocycles. The number of aliphatic hydroxyl groups is 1. The van der Waals surface area contributed by atoms with Gasteiger partial charge in [-0.3, -0.25) is 4.79 Å². The van der Waals surface area contributed by atoms with E-state index in [1.54, 1.807) is 0 Å². The molecule has 2 nitrogen and oxygen atoms in total. The molecule has 1 rings (SSSR count). The Kier molecular flexibility index (Phi) is 4.96. The molecule has 0 bridgehead atoms. The van der Waals surface area contributed by atoms with Crippen LogP contribution in [0.2, 0.25) is 0 Å². The number of carbonyl (C=O) groups is 1. The summed E-state index contributed by atoms with van der Waals surface area (Å²) in [4.78, 5) is 12.0. The number of Topliss-reactive ketones (excluding diaryl/α,β-unsaturated/α-hetero) is 1.